The largest absolute Gasteiger partial charge is 0.481 e. The van der Waals surface area contributed by atoms with Gasteiger partial charge in [-0.25, -0.2) is 0 Å². The average molecular weight is 197 g/mol. The van der Waals surface area contributed by atoms with Gasteiger partial charge in [-0.05, 0) is 12.8 Å². The van der Waals surface area contributed by atoms with Crippen molar-refractivity contribution in [3.63, 3.8) is 0 Å². The molecule has 0 unspecified atom stereocenters. The summed E-state index contributed by atoms with van der Waals surface area (Å²) >= 11 is 0. The molecule has 0 aliphatic heterocycles. The van der Waals surface area contributed by atoms with Gasteiger partial charge in [0.15, 0.2) is 0 Å². The fourth-order valence-corrected chi connectivity index (χ4v) is 0.903. The first-order valence-electron chi connectivity index (χ1n) is 4.58. The smallest absolute Gasteiger partial charge is 0.303 e. The zero-order valence-corrected chi connectivity index (χ0v) is 8.08. The third kappa shape index (κ3) is 8.60. The van der Waals surface area contributed by atoms with Crippen molar-refractivity contribution in [1.82, 2.24) is 5.32 Å². The highest BCUT2D eigenvalue weighted by atomic mass is 16.4. The maximum atomic E-state index is 11.0. The van der Waals surface area contributed by atoms with Crippen molar-refractivity contribution >= 4 is 11.9 Å². The summed E-state index contributed by atoms with van der Waals surface area (Å²) in [6.07, 6.45) is 7.21. The topological polar surface area (TPSA) is 66.4 Å². The molecule has 0 fully saturated rings. The van der Waals surface area contributed by atoms with Crippen LogP contribution in [0.5, 0.6) is 0 Å². The van der Waals surface area contributed by atoms with Crippen LogP contribution in [-0.4, -0.2) is 23.5 Å². The summed E-state index contributed by atoms with van der Waals surface area (Å²) < 4.78 is 0. The molecule has 0 aromatic rings. The van der Waals surface area contributed by atoms with Crippen molar-refractivity contribution in [2.45, 2.75) is 32.1 Å². The summed E-state index contributed by atoms with van der Waals surface area (Å²) in [5, 5.41) is 11.0. The van der Waals surface area contributed by atoms with Crippen LogP contribution >= 0.6 is 0 Å². The van der Waals surface area contributed by atoms with Crippen molar-refractivity contribution < 1.29 is 14.7 Å². The monoisotopic (exact) mass is 197 g/mol. The highest BCUT2D eigenvalue weighted by Crippen LogP contribution is 1.94. The van der Waals surface area contributed by atoms with E-state index in [0.29, 0.717) is 32.2 Å². The Hall–Kier alpha value is -1.50. The number of carbonyl (C=O) groups is 2. The standard InChI is InChI=1S/C10H15NO3/c1-2-3-6-9(12)11-8-5-4-7-10(13)14/h1H,3-8H2,(H,11,12)(H,13,14). The van der Waals surface area contributed by atoms with Gasteiger partial charge in [0.25, 0.3) is 0 Å². The Labute approximate surface area is 83.7 Å². The second-order valence-corrected chi connectivity index (χ2v) is 2.90. The first-order chi connectivity index (χ1) is 6.66. The van der Waals surface area contributed by atoms with Gasteiger partial charge in [-0.1, -0.05) is 0 Å². The second kappa shape index (κ2) is 8.11. The lowest BCUT2D eigenvalue weighted by Gasteiger charge is -2.02. The summed E-state index contributed by atoms with van der Waals surface area (Å²) in [6, 6.07) is 0. The van der Waals surface area contributed by atoms with Gasteiger partial charge in [-0.15, -0.1) is 12.3 Å². The molecule has 78 valence electrons. The molecule has 0 aliphatic rings. The van der Waals surface area contributed by atoms with E-state index in [0.717, 1.165) is 0 Å². The number of amides is 1. The van der Waals surface area contributed by atoms with Crippen LogP contribution in [0.2, 0.25) is 0 Å². The highest BCUT2D eigenvalue weighted by molar-refractivity contribution is 5.76. The summed E-state index contributed by atoms with van der Waals surface area (Å²) in [7, 11) is 0. The summed E-state index contributed by atoms with van der Waals surface area (Å²) in [5.74, 6) is 1.50. The molecule has 0 bridgehead atoms. The number of hydrogen-bond acceptors (Lipinski definition) is 2. The van der Waals surface area contributed by atoms with E-state index < -0.39 is 5.97 Å². The Kier molecular flexibility index (Phi) is 7.24. The van der Waals surface area contributed by atoms with Crippen molar-refractivity contribution in [2.75, 3.05) is 6.54 Å². The predicted octanol–water partition coefficient (Wildman–Crippen LogP) is 0.771. The van der Waals surface area contributed by atoms with E-state index in [9.17, 15) is 9.59 Å². The van der Waals surface area contributed by atoms with E-state index in [2.05, 4.69) is 11.2 Å². The normalized spacial score (nSPS) is 9.07. The Morgan fingerprint density at radius 2 is 2.00 bits per heavy atom. The number of carboxylic acid groups (broad SMARTS) is 1. The van der Waals surface area contributed by atoms with E-state index in [1.807, 2.05) is 0 Å². The molecule has 0 aromatic heterocycles. The molecule has 14 heavy (non-hydrogen) atoms. The number of rotatable bonds is 7. The third-order valence-electron chi connectivity index (χ3n) is 1.64. The Balaban J connectivity index is 3.24. The molecule has 0 aliphatic carbocycles. The van der Waals surface area contributed by atoms with Crippen molar-refractivity contribution in [2.24, 2.45) is 0 Å². The molecule has 1 amide bonds. The van der Waals surface area contributed by atoms with E-state index in [-0.39, 0.29) is 12.3 Å². The molecule has 4 heteroatoms. The quantitative estimate of drug-likeness (QED) is 0.468. The lowest BCUT2D eigenvalue weighted by atomic mass is 10.2. The Bertz CT molecular complexity index is 230. The number of nitrogens with one attached hydrogen (secondary N) is 1. The van der Waals surface area contributed by atoms with Crippen LogP contribution in [-0.2, 0) is 9.59 Å². The van der Waals surface area contributed by atoms with Crippen LogP contribution in [0.1, 0.15) is 32.1 Å². The van der Waals surface area contributed by atoms with Crippen LogP contribution in [0.15, 0.2) is 0 Å². The minimum absolute atomic E-state index is 0.0710. The highest BCUT2D eigenvalue weighted by Gasteiger charge is 1.99. The molecular weight excluding hydrogens is 182 g/mol. The van der Waals surface area contributed by atoms with Crippen molar-refractivity contribution in [3.8, 4) is 12.3 Å². The zero-order valence-electron chi connectivity index (χ0n) is 8.08. The summed E-state index contributed by atoms with van der Waals surface area (Å²) in [5.41, 5.74) is 0. The van der Waals surface area contributed by atoms with Crippen LogP contribution in [0.25, 0.3) is 0 Å². The van der Waals surface area contributed by atoms with Gasteiger partial charge in [-0.2, -0.15) is 0 Å². The minimum Gasteiger partial charge on any atom is -0.481 e. The number of terminal acetylenes is 1. The van der Waals surface area contributed by atoms with Crippen molar-refractivity contribution in [3.05, 3.63) is 0 Å². The van der Waals surface area contributed by atoms with Crippen LogP contribution in [0, 0.1) is 12.3 Å². The molecule has 0 saturated carbocycles. The number of carbonyl (C=O) groups excluding carboxylic acids is 1. The third-order valence-corrected chi connectivity index (χ3v) is 1.64. The van der Waals surface area contributed by atoms with E-state index in [1.54, 1.807) is 0 Å². The van der Waals surface area contributed by atoms with Gasteiger partial charge in [0.2, 0.25) is 5.91 Å². The molecule has 0 radical (unpaired) electrons. The lowest BCUT2D eigenvalue weighted by Crippen LogP contribution is -2.23. The fraction of sp³-hybridized carbons (Fsp3) is 0.600. The molecule has 4 nitrogen and oxygen atoms in total. The first kappa shape index (κ1) is 12.5. The molecule has 0 heterocycles. The molecule has 0 aromatic carbocycles. The summed E-state index contributed by atoms with van der Waals surface area (Å²) in [6.45, 7) is 0.524. The summed E-state index contributed by atoms with van der Waals surface area (Å²) in [4.78, 5) is 21.1. The number of hydrogen-bond donors (Lipinski definition) is 2. The number of unbranched alkanes of at least 4 members (excludes halogenated alkanes) is 1. The van der Waals surface area contributed by atoms with Gasteiger partial charge in [0.05, 0.1) is 0 Å². The van der Waals surface area contributed by atoms with E-state index in [1.165, 1.54) is 0 Å². The molecule has 0 rings (SSSR count). The number of aliphatic carboxylic acids is 1. The molecule has 0 spiro atoms. The van der Waals surface area contributed by atoms with Gasteiger partial charge in [0, 0.05) is 25.8 Å². The molecule has 0 atom stereocenters. The van der Waals surface area contributed by atoms with Gasteiger partial charge in [-0.3, -0.25) is 9.59 Å². The fourth-order valence-electron chi connectivity index (χ4n) is 0.903. The SMILES string of the molecule is C#CCCC(=O)NCCCCC(=O)O. The van der Waals surface area contributed by atoms with Crippen LogP contribution in [0.4, 0.5) is 0 Å². The Morgan fingerprint density at radius 1 is 1.29 bits per heavy atom. The Morgan fingerprint density at radius 3 is 2.57 bits per heavy atom. The molecule has 0 saturated heterocycles. The molecule has 2 N–H and O–H groups in total. The van der Waals surface area contributed by atoms with E-state index >= 15 is 0 Å². The first-order valence-corrected chi connectivity index (χ1v) is 4.58. The van der Waals surface area contributed by atoms with Gasteiger partial charge >= 0.3 is 5.97 Å². The minimum atomic E-state index is -0.802. The maximum Gasteiger partial charge on any atom is 0.303 e. The van der Waals surface area contributed by atoms with Gasteiger partial charge < -0.3 is 10.4 Å². The zero-order chi connectivity index (χ0) is 10.8. The van der Waals surface area contributed by atoms with E-state index in [4.69, 9.17) is 11.5 Å². The second-order valence-electron chi connectivity index (χ2n) is 2.90. The average Bonchev–Trinajstić information content (AvgIpc) is 2.13. The maximum absolute atomic E-state index is 11.0. The number of carboxylic acids is 1. The van der Waals surface area contributed by atoms with Crippen LogP contribution < -0.4 is 5.32 Å². The van der Waals surface area contributed by atoms with Gasteiger partial charge in [0.1, 0.15) is 0 Å². The molecular formula is C10H15NO3. The lowest BCUT2D eigenvalue weighted by molar-refractivity contribution is -0.137. The predicted molar refractivity (Wildman–Crippen MR) is 52.6 cm³/mol. The van der Waals surface area contributed by atoms with Crippen molar-refractivity contribution in [1.29, 1.82) is 0 Å². The van der Waals surface area contributed by atoms with Crippen LogP contribution in [0.3, 0.4) is 0 Å².